The number of nitrogens with two attached hydrogens (primary N) is 1. The van der Waals surface area contributed by atoms with Gasteiger partial charge in [-0.15, -0.1) is 0 Å². The van der Waals surface area contributed by atoms with Crippen molar-refractivity contribution in [2.24, 2.45) is 5.73 Å². The molecule has 4 heteroatoms. The van der Waals surface area contributed by atoms with Crippen LogP contribution < -0.4 is 5.73 Å². The molecule has 100 valence electrons. The Bertz CT molecular complexity index is 560. The van der Waals surface area contributed by atoms with Crippen LogP contribution in [0.25, 0.3) is 0 Å². The molecule has 0 unspecified atom stereocenters. The van der Waals surface area contributed by atoms with Crippen molar-refractivity contribution < 1.29 is 4.74 Å². The number of ether oxygens (including phenoxy) is 1. The zero-order valence-corrected chi connectivity index (χ0v) is 12.7. The minimum atomic E-state index is 0.496. The van der Waals surface area contributed by atoms with Gasteiger partial charge in [0.25, 0.3) is 0 Å². The number of benzene rings is 2. The minimum absolute atomic E-state index is 0.496. The van der Waals surface area contributed by atoms with Gasteiger partial charge in [0.2, 0.25) is 0 Å². The van der Waals surface area contributed by atoms with Crippen molar-refractivity contribution >= 4 is 27.5 Å². The van der Waals surface area contributed by atoms with Crippen molar-refractivity contribution in [1.29, 1.82) is 0 Å². The van der Waals surface area contributed by atoms with Gasteiger partial charge in [-0.05, 0) is 34.9 Å². The molecule has 0 aliphatic carbocycles. The van der Waals surface area contributed by atoms with Crippen LogP contribution in [0, 0.1) is 0 Å². The third-order valence-electron chi connectivity index (χ3n) is 2.77. The predicted molar refractivity (Wildman–Crippen MR) is 82.0 cm³/mol. The first-order chi connectivity index (χ1) is 9.19. The highest BCUT2D eigenvalue weighted by molar-refractivity contribution is 9.10. The van der Waals surface area contributed by atoms with Gasteiger partial charge in [0.05, 0.1) is 13.2 Å². The Kier molecular flexibility index (Phi) is 5.40. The second kappa shape index (κ2) is 7.06. The molecule has 2 nitrogen and oxygen atoms in total. The minimum Gasteiger partial charge on any atom is -0.372 e. The molecule has 0 bridgehead atoms. The summed E-state index contributed by atoms with van der Waals surface area (Å²) in [6.07, 6.45) is 0. The standard InChI is InChI=1S/C15H15BrClNO/c16-14-3-1-2-12(6-14)9-19-10-13-5-4-11(8-18)7-15(13)17/h1-7H,8-10,18H2. The van der Waals surface area contributed by atoms with Gasteiger partial charge in [-0.25, -0.2) is 0 Å². The van der Waals surface area contributed by atoms with Gasteiger partial charge in [-0.1, -0.05) is 51.8 Å². The first kappa shape index (κ1) is 14.5. The Morgan fingerprint density at radius 1 is 1.05 bits per heavy atom. The SMILES string of the molecule is NCc1ccc(COCc2cccc(Br)c2)c(Cl)c1. The fraction of sp³-hybridized carbons (Fsp3) is 0.200. The summed E-state index contributed by atoms with van der Waals surface area (Å²) in [5, 5.41) is 0.706. The van der Waals surface area contributed by atoms with Gasteiger partial charge in [-0.2, -0.15) is 0 Å². The molecule has 0 aromatic heterocycles. The van der Waals surface area contributed by atoms with Crippen LogP contribution in [0.4, 0.5) is 0 Å². The molecule has 0 heterocycles. The van der Waals surface area contributed by atoms with E-state index in [-0.39, 0.29) is 0 Å². The maximum atomic E-state index is 6.17. The Morgan fingerprint density at radius 2 is 1.89 bits per heavy atom. The second-order valence-electron chi connectivity index (χ2n) is 4.25. The first-order valence-electron chi connectivity index (χ1n) is 5.98. The predicted octanol–water partition coefficient (Wildman–Crippen LogP) is 4.28. The Hall–Kier alpha value is -0.870. The van der Waals surface area contributed by atoms with E-state index in [2.05, 4.69) is 15.9 Å². The topological polar surface area (TPSA) is 35.2 Å². The van der Waals surface area contributed by atoms with Crippen molar-refractivity contribution in [2.45, 2.75) is 19.8 Å². The van der Waals surface area contributed by atoms with E-state index >= 15 is 0 Å². The fourth-order valence-corrected chi connectivity index (χ4v) is 2.44. The highest BCUT2D eigenvalue weighted by Gasteiger charge is 2.02. The lowest BCUT2D eigenvalue weighted by Gasteiger charge is -2.08. The van der Waals surface area contributed by atoms with E-state index in [0.29, 0.717) is 24.8 Å². The van der Waals surface area contributed by atoms with Crippen molar-refractivity contribution in [3.05, 3.63) is 68.7 Å². The summed E-state index contributed by atoms with van der Waals surface area (Å²) < 4.78 is 6.73. The quantitative estimate of drug-likeness (QED) is 0.882. The number of hydrogen-bond acceptors (Lipinski definition) is 2. The normalized spacial score (nSPS) is 10.7. The van der Waals surface area contributed by atoms with Crippen LogP contribution in [-0.4, -0.2) is 0 Å². The Morgan fingerprint density at radius 3 is 2.58 bits per heavy atom. The van der Waals surface area contributed by atoms with Crippen molar-refractivity contribution in [3.63, 3.8) is 0 Å². The number of rotatable bonds is 5. The average molecular weight is 341 g/mol. The summed E-state index contributed by atoms with van der Waals surface area (Å²) >= 11 is 9.61. The van der Waals surface area contributed by atoms with Crippen molar-refractivity contribution in [3.8, 4) is 0 Å². The van der Waals surface area contributed by atoms with E-state index in [0.717, 1.165) is 21.2 Å². The third kappa shape index (κ3) is 4.32. The molecule has 0 amide bonds. The second-order valence-corrected chi connectivity index (χ2v) is 5.58. The molecule has 2 rings (SSSR count). The maximum Gasteiger partial charge on any atom is 0.0735 e. The van der Waals surface area contributed by atoms with Crippen LogP contribution in [0.15, 0.2) is 46.9 Å². The summed E-state index contributed by atoms with van der Waals surface area (Å²) in [6, 6.07) is 13.9. The fourth-order valence-electron chi connectivity index (χ4n) is 1.74. The molecule has 0 spiro atoms. The molecule has 0 saturated heterocycles. The zero-order chi connectivity index (χ0) is 13.7. The molecule has 0 fully saturated rings. The van der Waals surface area contributed by atoms with E-state index < -0.39 is 0 Å². The van der Waals surface area contributed by atoms with Crippen LogP contribution in [0.2, 0.25) is 5.02 Å². The lowest BCUT2D eigenvalue weighted by atomic mass is 10.1. The van der Waals surface area contributed by atoms with Crippen LogP contribution in [0.1, 0.15) is 16.7 Å². The largest absolute Gasteiger partial charge is 0.372 e. The van der Waals surface area contributed by atoms with Crippen molar-refractivity contribution in [2.75, 3.05) is 0 Å². The number of hydrogen-bond donors (Lipinski definition) is 1. The molecule has 2 aromatic rings. The molecule has 0 aliphatic heterocycles. The van der Waals surface area contributed by atoms with Gasteiger partial charge in [0, 0.05) is 16.0 Å². The summed E-state index contributed by atoms with van der Waals surface area (Å²) in [7, 11) is 0. The van der Waals surface area contributed by atoms with E-state index in [1.54, 1.807) is 0 Å². The summed E-state index contributed by atoms with van der Waals surface area (Å²) in [5.74, 6) is 0. The van der Waals surface area contributed by atoms with Crippen LogP contribution in [0.5, 0.6) is 0 Å². The van der Waals surface area contributed by atoms with Gasteiger partial charge >= 0.3 is 0 Å². The van der Waals surface area contributed by atoms with Gasteiger partial charge < -0.3 is 10.5 Å². The molecule has 19 heavy (non-hydrogen) atoms. The molecule has 0 atom stereocenters. The van der Waals surface area contributed by atoms with Crippen LogP contribution in [0.3, 0.4) is 0 Å². The molecule has 0 radical (unpaired) electrons. The molecule has 2 aromatic carbocycles. The highest BCUT2D eigenvalue weighted by atomic mass is 79.9. The monoisotopic (exact) mass is 339 g/mol. The molecule has 0 aliphatic rings. The Balaban J connectivity index is 1.92. The first-order valence-corrected chi connectivity index (χ1v) is 7.15. The van der Waals surface area contributed by atoms with Crippen molar-refractivity contribution in [1.82, 2.24) is 0 Å². The summed E-state index contributed by atoms with van der Waals surface area (Å²) in [6.45, 7) is 1.56. The molecular formula is C15H15BrClNO. The Labute approximate surface area is 126 Å². The van der Waals surface area contributed by atoms with E-state index in [1.165, 1.54) is 0 Å². The molecule has 0 saturated carbocycles. The average Bonchev–Trinajstić information content (AvgIpc) is 2.40. The maximum absolute atomic E-state index is 6.17. The molecule has 2 N–H and O–H groups in total. The molecular weight excluding hydrogens is 326 g/mol. The lowest BCUT2D eigenvalue weighted by molar-refractivity contribution is 0.107. The van der Waals surface area contributed by atoms with Gasteiger partial charge in [-0.3, -0.25) is 0 Å². The highest BCUT2D eigenvalue weighted by Crippen LogP contribution is 2.19. The summed E-state index contributed by atoms with van der Waals surface area (Å²) in [4.78, 5) is 0. The van der Waals surface area contributed by atoms with E-state index in [1.807, 2.05) is 42.5 Å². The lowest BCUT2D eigenvalue weighted by Crippen LogP contribution is -1.99. The van der Waals surface area contributed by atoms with E-state index in [9.17, 15) is 0 Å². The zero-order valence-electron chi connectivity index (χ0n) is 10.4. The smallest absolute Gasteiger partial charge is 0.0735 e. The third-order valence-corrected chi connectivity index (χ3v) is 3.61. The van der Waals surface area contributed by atoms with Gasteiger partial charge in [0.1, 0.15) is 0 Å². The van der Waals surface area contributed by atoms with Crippen LogP contribution in [-0.2, 0) is 24.5 Å². The van der Waals surface area contributed by atoms with E-state index in [4.69, 9.17) is 22.1 Å². The van der Waals surface area contributed by atoms with Gasteiger partial charge in [0.15, 0.2) is 0 Å². The van der Waals surface area contributed by atoms with Crippen LogP contribution >= 0.6 is 27.5 Å². The summed E-state index contributed by atoms with van der Waals surface area (Å²) in [5.41, 5.74) is 8.70. The number of halogens is 2.